The molecule has 1 amide bonds. The summed E-state index contributed by atoms with van der Waals surface area (Å²) in [4.78, 5) is 16.9. The zero-order valence-electron chi connectivity index (χ0n) is 17.1. The van der Waals surface area contributed by atoms with Crippen molar-refractivity contribution in [3.8, 4) is 27.7 Å². The summed E-state index contributed by atoms with van der Waals surface area (Å²) in [5, 5.41) is 0. The van der Waals surface area contributed by atoms with E-state index in [1.54, 1.807) is 21.3 Å². The molecule has 0 saturated heterocycles. The van der Waals surface area contributed by atoms with Crippen LogP contribution in [-0.2, 0) is 0 Å². The van der Waals surface area contributed by atoms with Crippen molar-refractivity contribution in [2.75, 3.05) is 27.9 Å². The molecule has 1 aliphatic rings. The minimum atomic E-state index is 0.130. The van der Waals surface area contributed by atoms with Crippen molar-refractivity contribution in [1.82, 2.24) is 4.90 Å². The Hall–Kier alpha value is -2.21. The highest BCUT2D eigenvalue weighted by Crippen LogP contribution is 2.46. The average molecular weight is 404 g/mol. The lowest BCUT2D eigenvalue weighted by atomic mass is 9.94. The standard InChI is InChI=1S/C22H29NO4S/c1-5-23(15-9-7-6-8-10-15)22(24)19-14-13-18(28-19)16-11-12-17(25-2)21(27-4)20(16)26-3/h11-15H,5-10H2,1-4H3. The number of methoxy groups -OCH3 is 3. The monoisotopic (exact) mass is 403 g/mol. The van der Waals surface area contributed by atoms with Gasteiger partial charge in [-0.05, 0) is 44.0 Å². The molecule has 6 heteroatoms. The van der Waals surface area contributed by atoms with Crippen LogP contribution in [0.25, 0.3) is 10.4 Å². The molecule has 0 spiro atoms. The molecule has 1 aliphatic carbocycles. The third kappa shape index (κ3) is 3.97. The molecule has 28 heavy (non-hydrogen) atoms. The van der Waals surface area contributed by atoms with E-state index in [1.807, 2.05) is 29.2 Å². The van der Waals surface area contributed by atoms with Crippen molar-refractivity contribution >= 4 is 17.2 Å². The second-order valence-electron chi connectivity index (χ2n) is 6.93. The fraction of sp³-hybridized carbons (Fsp3) is 0.500. The summed E-state index contributed by atoms with van der Waals surface area (Å²) in [6, 6.07) is 8.07. The number of carbonyl (C=O) groups is 1. The fourth-order valence-electron chi connectivity index (χ4n) is 3.99. The number of thiophene rings is 1. The van der Waals surface area contributed by atoms with Crippen LogP contribution in [0.5, 0.6) is 17.2 Å². The molecular formula is C22H29NO4S. The maximum absolute atomic E-state index is 13.2. The zero-order valence-corrected chi connectivity index (χ0v) is 17.9. The first-order valence-electron chi connectivity index (χ1n) is 9.84. The average Bonchev–Trinajstić information content (AvgIpc) is 3.23. The number of amides is 1. The van der Waals surface area contributed by atoms with Crippen molar-refractivity contribution < 1.29 is 19.0 Å². The van der Waals surface area contributed by atoms with Crippen LogP contribution in [-0.4, -0.2) is 44.7 Å². The van der Waals surface area contributed by atoms with Gasteiger partial charge in [-0.25, -0.2) is 0 Å². The van der Waals surface area contributed by atoms with Crippen LogP contribution in [0.15, 0.2) is 24.3 Å². The maximum Gasteiger partial charge on any atom is 0.264 e. The lowest BCUT2D eigenvalue weighted by Gasteiger charge is -2.33. The topological polar surface area (TPSA) is 48.0 Å². The van der Waals surface area contributed by atoms with Gasteiger partial charge in [-0.3, -0.25) is 4.79 Å². The normalized spacial score (nSPS) is 14.6. The molecule has 2 aromatic rings. The molecular weight excluding hydrogens is 374 g/mol. The van der Waals surface area contributed by atoms with E-state index >= 15 is 0 Å². The number of benzene rings is 1. The Morgan fingerprint density at radius 2 is 1.71 bits per heavy atom. The van der Waals surface area contributed by atoms with Crippen LogP contribution in [0.3, 0.4) is 0 Å². The summed E-state index contributed by atoms with van der Waals surface area (Å²) in [6.45, 7) is 2.81. The van der Waals surface area contributed by atoms with Crippen molar-refractivity contribution in [2.45, 2.75) is 45.1 Å². The summed E-state index contributed by atoms with van der Waals surface area (Å²) in [5.74, 6) is 1.92. The Balaban J connectivity index is 1.90. The first-order valence-corrected chi connectivity index (χ1v) is 10.7. The van der Waals surface area contributed by atoms with Gasteiger partial charge in [0.25, 0.3) is 5.91 Å². The highest BCUT2D eigenvalue weighted by Gasteiger charge is 2.26. The number of hydrogen-bond acceptors (Lipinski definition) is 5. The lowest BCUT2D eigenvalue weighted by Crippen LogP contribution is -2.40. The van der Waals surface area contributed by atoms with Crippen molar-refractivity contribution in [2.24, 2.45) is 0 Å². The highest BCUT2D eigenvalue weighted by atomic mass is 32.1. The molecule has 152 valence electrons. The Morgan fingerprint density at radius 1 is 1.00 bits per heavy atom. The van der Waals surface area contributed by atoms with Gasteiger partial charge < -0.3 is 19.1 Å². The van der Waals surface area contributed by atoms with Gasteiger partial charge in [0.2, 0.25) is 5.75 Å². The molecule has 3 rings (SSSR count). The van der Waals surface area contributed by atoms with Crippen molar-refractivity contribution in [1.29, 1.82) is 0 Å². The third-order valence-corrected chi connectivity index (χ3v) is 6.51. The summed E-state index contributed by atoms with van der Waals surface area (Å²) >= 11 is 1.50. The molecule has 1 aromatic heterocycles. The van der Waals surface area contributed by atoms with E-state index in [9.17, 15) is 4.79 Å². The van der Waals surface area contributed by atoms with E-state index in [1.165, 1.54) is 30.6 Å². The van der Waals surface area contributed by atoms with Crippen molar-refractivity contribution in [3.05, 3.63) is 29.1 Å². The summed E-state index contributed by atoms with van der Waals surface area (Å²) in [6.07, 6.45) is 5.94. The molecule has 0 atom stereocenters. The molecule has 0 aliphatic heterocycles. The second-order valence-corrected chi connectivity index (χ2v) is 8.01. The predicted octanol–water partition coefficient (Wildman–Crippen LogP) is 5.24. The highest BCUT2D eigenvalue weighted by molar-refractivity contribution is 7.17. The van der Waals surface area contributed by atoms with Crippen molar-refractivity contribution in [3.63, 3.8) is 0 Å². The molecule has 0 unspecified atom stereocenters. The molecule has 1 saturated carbocycles. The smallest absolute Gasteiger partial charge is 0.264 e. The van der Waals surface area contributed by atoms with Gasteiger partial charge in [0.15, 0.2) is 11.5 Å². The fourth-order valence-corrected chi connectivity index (χ4v) is 4.98. The molecule has 0 N–H and O–H groups in total. The molecule has 5 nitrogen and oxygen atoms in total. The largest absolute Gasteiger partial charge is 0.493 e. The Morgan fingerprint density at radius 3 is 2.32 bits per heavy atom. The first-order chi connectivity index (χ1) is 13.6. The van der Waals surface area contributed by atoms with Gasteiger partial charge >= 0.3 is 0 Å². The van der Waals surface area contributed by atoms with Gasteiger partial charge in [0.1, 0.15) is 0 Å². The quantitative estimate of drug-likeness (QED) is 0.635. The predicted molar refractivity (Wildman–Crippen MR) is 113 cm³/mol. The molecule has 0 radical (unpaired) electrons. The summed E-state index contributed by atoms with van der Waals surface area (Å²) < 4.78 is 16.5. The summed E-state index contributed by atoms with van der Waals surface area (Å²) in [5.41, 5.74) is 0.893. The second kappa shape index (κ2) is 9.32. The Bertz CT molecular complexity index is 811. The van der Waals surface area contributed by atoms with E-state index in [0.29, 0.717) is 23.3 Å². The summed E-state index contributed by atoms with van der Waals surface area (Å²) in [7, 11) is 4.81. The van der Waals surface area contributed by atoms with E-state index in [-0.39, 0.29) is 5.91 Å². The van der Waals surface area contributed by atoms with Gasteiger partial charge in [-0.2, -0.15) is 0 Å². The van der Waals surface area contributed by atoms with Crippen LogP contribution in [0.2, 0.25) is 0 Å². The van der Waals surface area contributed by atoms with E-state index in [0.717, 1.165) is 34.7 Å². The van der Waals surface area contributed by atoms with Crippen LogP contribution in [0, 0.1) is 0 Å². The first kappa shape index (κ1) is 20.5. The minimum absolute atomic E-state index is 0.130. The number of ether oxygens (including phenoxy) is 3. The number of hydrogen-bond donors (Lipinski definition) is 0. The maximum atomic E-state index is 13.2. The number of nitrogens with zero attached hydrogens (tertiary/aromatic N) is 1. The van der Waals surface area contributed by atoms with Crippen LogP contribution < -0.4 is 14.2 Å². The molecule has 1 heterocycles. The number of carbonyl (C=O) groups excluding carboxylic acids is 1. The molecule has 1 aromatic carbocycles. The van der Waals surface area contributed by atoms with Gasteiger partial charge in [0.05, 0.1) is 26.2 Å². The van der Waals surface area contributed by atoms with Gasteiger partial charge in [0, 0.05) is 23.0 Å². The number of rotatable bonds is 7. The third-order valence-electron chi connectivity index (χ3n) is 5.40. The zero-order chi connectivity index (χ0) is 20.1. The van der Waals surface area contributed by atoms with E-state index in [4.69, 9.17) is 14.2 Å². The van der Waals surface area contributed by atoms with Crippen LogP contribution >= 0.6 is 11.3 Å². The van der Waals surface area contributed by atoms with E-state index in [2.05, 4.69) is 6.92 Å². The molecule has 0 bridgehead atoms. The SMILES string of the molecule is CCN(C(=O)c1ccc(-c2ccc(OC)c(OC)c2OC)s1)C1CCCCC1. The Kier molecular flexibility index (Phi) is 6.83. The van der Waals surface area contributed by atoms with Crippen LogP contribution in [0.1, 0.15) is 48.7 Å². The molecule has 1 fully saturated rings. The van der Waals surface area contributed by atoms with Crippen LogP contribution in [0.4, 0.5) is 0 Å². The van der Waals surface area contributed by atoms with Gasteiger partial charge in [-0.1, -0.05) is 19.3 Å². The van der Waals surface area contributed by atoms with Gasteiger partial charge in [-0.15, -0.1) is 11.3 Å². The Labute approximate surface area is 171 Å². The lowest BCUT2D eigenvalue weighted by molar-refractivity contribution is 0.0653. The van der Waals surface area contributed by atoms with E-state index < -0.39 is 0 Å². The minimum Gasteiger partial charge on any atom is -0.493 e.